The van der Waals surface area contributed by atoms with Gasteiger partial charge in [0.05, 0.1) is 0 Å². The van der Waals surface area contributed by atoms with E-state index in [1.807, 2.05) is 0 Å². The lowest BCUT2D eigenvalue weighted by molar-refractivity contribution is 1.30. The highest BCUT2D eigenvalue weighted by Crippen LogP contribution is 2.10. The van der Waals surface area contributed by atoms with Crippen LogP contribution in [0.4, 0.5) is 0 Å². The molecule has 0 spiro atoms. The Labute approximate surface area is 49.3 Å². The summed E-state index contributed by atoms with van der Waals surface area (Å²) in [4.78, 5) is 7.70. The predicted octanol–water partition coefficient (Wildman–Crippen LogP) is 0.366. The fourth-order valence-electron chi connectivity index (χ4n) is 0.508. The van der Waals surface area contributed by atoms with Gasteiger partial charge in [0.15, 0.2) is 5.82 Å². The first-order valence-electron chi connectivity index (χ1n) is 2.07. The minimum atomic E-state index is 0.704. The largest absolute Gasteiger partial charge is 0.276 e. The van der Waals surface area contributed by atoms with Crippen molar-refractivity contribution in [2.24, 2.45) is 0 Å². The number of rotatable bonds is 0. The topological polar surface area (TPSA) is 54.5 Å². The van der Waals surface area contributed by atoms with Gasteiger partial charge in [-0.15, -0.1) is 0 Å². The molecule has 0 aromatic heterocycles. The molecule has 1 N–H and O–H groups in total. The molecule has 4 nitrogen and oxygen atoms in total. The van der Waals surface area contributed by atoms with Crippen LogP contribution in [0.5, 0.6) is 0 Å². The molecule has 0 atom stereocenters. The Bertz CT molecular complexity index is 203. The normalized spacial score (nSPS) is 10.5. The number of hydrogen-bond acceptors (Lipinski definition) is 4. The number of nitrogens with one attached hydrogen (secondary N) is 1. The molecule has 0 fully saturated rings. The van der Waals surface area contributed by atoms with Gasteiger partial charge >= 0.3 is 0 Å². The highest BCUT2D eigenvalue weighted by molar-refractivity contribution is 6.99. The molecule has 0 radical (unpaired) electrons. The fourth-order valence-corrected chi connectivity index (χ4v) is 1.00. The van der Waals surface area contributed by atoms with Crippen molar-refractivity contribution in [1.82, 2.24) is 18.7 Å². The first-order chi connectivity index (χ1) is 3.97. The van der Waals surface area contributed by atoms with Gasteiger partial charge < -0.3 is 0 Å². The molecule has 2 heterocycles. The third-order valence-corrected chi connectivity index (χ3v) is 1.40. The predicted molar refractivity (Wildman–Crippen MR) is 28.7 cm³/mol. The smallest absolute Gasteiger partial charge is 0.211 e. The van der Waals surface area contributed by atoms with Crippen molar-refractivity contribution < 1.29 is 0 Å². The quantitative estimate of drug-likeness (QED) is 0.554. The second kappa shape index (κ2) is 1.25. The molecule has 5 heteroatoms. The second-order valence-electron chi connectivity index (χ2n) is 1.33. The molecule has 0 amide bonds. The molecule has 2 aliphatic heterocycles. The first-order valence-corrected chi connectivity index (χ1v) is 2.85. The zero-order chi connectivity index (χ0) is 5.40. The summed E-state index contributed by atoms with van der Waals surface area (Å²) < 4.78 is 6.75. The average molecular weight is 126 g/mol. The van der Waals surface area contributed by atoms with Crippen LogP contribution in [-0.4, -0.2) is 18.7 Å². The number of fused-ring (bicyclic) bond motifs is 1. The van der Waals surface area contributed by atoms with Gasteiger partial charge in [-0.3, -0.25) is 4.37 Å². The van der Waals surface area contributed by atoms with Crippen LogP contribution in [0.2, 0.25) is 0 Å². The van der Waals surface area contributed by atoms with Crippen molar-refractivity contribution in [3.8, 4) is 11.6 Å². The van der Waals surface area contributed by atoms with Crippen molar-refractivity contribution in [3.63, 3.8) is 0 Å². The summed E-state index contributed by atoms with van der Waals surface area (Å²) in [5.41, 5.74) is 0. The molecule has 0 bridgehead atoms. The van der Waals surface area contributed by atoms with E-state index < -0.39 is 0 Å². The number of H-pyrrole nitrogens is 1. The van der Waals surface area contributed by atoms with E-state index in [4.69, 9.17) is 0 Å². The van der Waals surface area contributed by atoms with Gasteiger partial charge in [0.2, 0.25) is 5.82 Å². The maximum Gasteiger partial charge on any atom is 0.211 e. The van der Waals surface area contributed by atoms with Crippen LogP contribution in [0.15, 0.2) is 6.33 Å². The molecular formula is C3H2N4S. The van der Waals surface area contributed by atoms with Gasteiger partial charge in [-0.1, -0.05) is 0 Å². The Morgan fingerprint density at radius 1 is 1.50 bits per heavy atom. The number of nitrogens with zero attached hydrogens (tertiary/aromatic N) is 3. The summed E-state index contributed by atoms with van der Waals surface area (Å²) in [5, 5.41) is 0. The van der Waals surface area contributed by atoms with Crippen molar-refractivity contribution in [1.29, 1.82) is 0 Å². The maximum atomic E-state index is 3.89. The molecule has 8 heavy (non-hydrogen) atoms. The van der Waals surface area contributed by atoms with Crippen molar-refractivity contribution in [3.05, 3.63) is 6.33 Å². The monoisotopic (exact) mass is 126 g/mol. The van der Waals surface area contributed by atoms with Gasteiger partial charge in [0, 0.05) is 11.7 Å². The summed E-state index contributed by atoms with van der Waals surface area (Å²) >= 11 is 1.26. The third kappa shape index (κ3) is 0.362. The second-order valence-corrected chi connectivity index (χ2v) is 1.90. The molecule has 2 rings (SSSR count). The van der Waals surface area contributed by atoms with Gasteiger partial charge in [-0.25, -0.2) is 9.97 Å². The Morgan fingerprint density at radius 2 is 2.50 bits per heavy atom. The number of imidazole rings is 1. The summed E-state index contributed by atoms with van der Waals surface area (Å²) in [6.45, 7) is 0. The molecule has 0 unspecified atom stereocenters. The molecule has 0 aromatic rings. The van der Waals surface area contributed by atoms with Crippen molar-refractivity contribution in [2.75, 3.05) is 0 Å². The minimum Gasteiger partial charge on any atom is -0.276 e. The van der Waals surface area contributed by atoms with Crippen LogP contribution in [0, 0.1) is 0 Å². The van der Waals surface area contributed by atoms with Gasteiger partial charge in [0.25, 0.3) is 0 Å². The van der Waals surface area contributed by atoms with Gasteiger partial charge in [0.1, 0.15) is 6.33 Å². The van der Waals surface area contributed by atoms with E-state index in [2.05, 4.69) is 18.7 Å². The number of hydrogen-bond donors (Lipinski definition) is 1. The SMILES string of the molecule is c1nc2ns[nH]c-2n1. The highest BCUT2D eigenvalue weighted by atomic mass is 32.1. The number of aromatic amines is 1. The molecule has 0 saturated carbocycles. The van der Waals surface area contributed by atoms with E-state index in [1.165, 1.54) is 18.1 Å². The Morgan fingerprint density at radius 3 is 3.38 bits per heavy atom. The Kier molecular flexibility index (Phi) is 0.621. The Hall–Kier alpha value is -0.970. The van der Waals surface area contributed by atoms with E-state index in [0.29, 0.717) is 5.82 Å². The van der Waals surface area contributed by atoms with E-state index in [-0.39, 0.29) is 0 Å². The lowest BCUT2D eigenvalue weighted by Crippen LogP contribution is -1.70. The molecule has 0 aromatic carbocycles. The Balaban J connectivity index is 2.84. The summed E-state index contributed by atoms with van der Waals surface area (Å²) in [7, 11) is 0. The highest BCUT2D eigenvalue weighted by Gasteiger charge is 2.05. The summed E-state index contributed by atoms with van der Waals surface area (Å²) in [6, 6.07) is 0. The first kappa shape index (κ1) is 3.96. The average Bonchev–Trinajstić information content (AvgIpc) is 2.15. The van der Waals surface area contributed by atoms with E-state index in [0.717, 1.165) is 5.82 Å². The summed E-state index contributed by atoms with van der Waals surface area (Å²) in [5.74, 6) is 1.48. The van der Waals surface area contributed by atoms with Crippen LogP contribution in [0.1, 0.15) is 0 Å². The molecular weight excluding hydrogens is 124 g/mol. The van der Waals surface area contributed by atoms with Crippen LogP contribution in [0.25, 0.3) is 11.6 Å². The maximum absolute atomic E-state index is 3.89. The van der Waals surface area contributed by atoms with Crippen LogP contribution in [0.3, 0.4) is 0 Å². The van der Waals surface area contributed by atoms with Crippen LogP contribution < -0.4 is 0 Å². The molecule has 0 aliphatic carbocycles. The lowest BCUT2D eigenvalue weighted by atomic mass is 10.6. The van der Waals surface area contributed by atoms with Crippen LogP contribution in [-0.2, 0) is 0 Å². The van der Waals surface area contributed by atoms with Crippen LogP contribution >= 0.6 is 11.7 Å². The van der Waals surface area contributed by atoms with Gasteiger partial charge in [-0.05, 0) is 0 Å². The molecule has 0 saturated heterocycles. The zero-order valence-corrected chi connectivity index (χ0v) is 4.64. The lowest BCUT2D eigenvalue weighted by Gasteiger charge is -1.70. The summed E-state index contributed by atoms with van der Waals surface area (Å²) in [6.07, 6.45) is 1.49. The minimum absolute atomic E-state index is 0.704. The zero-order valence-electron chi connectivity index (χ0n) is 3.83. The van der Waals surface area contributed by atoms with Gasteiger partial charge in [-0.2, -0.15) is 4.37 Å². The van der Waals surface area contributed by atoms with E-state index in [9.17, 15) is 0 Å². The van der Waals surface area contributed by atoms with Crippen molar-refractivity contribution in [2.45, 2.75) is 0 Å². The van der Waals surface area contributed by atoms with E-state index in [1.54, 1.807) is 0 Å². The third-order valence-electron chi connectivity index (χ3n) is 0.853. The fraction of sp³-hybridized carbons (Fsp3) is 0. The standard InChI is InChI=1S/C3H2N4S/c1-4-2-3(5-1)7-8-6-2/h1H,(H,4,5,6,7). The molecule has 2 aliphatic rings. The number of aromatic nitrogens is 4. The van der Waals surface area contributed by atoms with E-state index >= 15 is 0 Å². The van der Waals surface area contributed by atoms with Crippen molar-refractivity contribution >= 4 is 11.7 Å². The molecule has 40 valence electrons.